The molecule has 0 aliphatic carbocycles. The van der Waals surface area contributed by atoms with Crippen LogP contribution in [0.15, 0.2) is 59.5 Å². The molecule has 0 saturated carbocycles. The predicted octanol–water partition coefficient (Wildman–Crippen LogP) is 2.83. The molecule has 106 valence electrons. The minimum absolute atomic E-state index is 0.0369. The lowest BCUT2D eigenvalue weighted by Crippen LogP contribution is -2.15. The maximum absolute atomic E-state index is 13.8. The quantitative estimate of drug-likeness (QED) is 0.699. The smallest absolute Gasteiger partial charge is 0.268 e. The van der Waals surface area contributed by atoms with Crippen LogP contribution in [0, 0.1) is 5.82 Å². The van der Waals surface area contributed by atoms with Crippen molar-refractivity contribution in [3.8, 4) is 0 Å². The van der Waals surface area contributed by atoms with Crippen molar-refractivity contribution in [2.75, 3.05) is 0 Å². The first-order valence-electron chi connectivity index (χ1n) is 6.11. The molecule has 0 unspecified atom stereocenters. The van der Waals surface area contributed by atoms with E-state index in [4.69, 9.17) is 0 Å². The Hall–Kier alpha value is -2.47. The number of benzene rings is 2. The van der Waals surface area contributed by atoms with Crippen molar-refractivity contribution in [1.29, 1.82) is 0 Å². The second kappa shape index (κ2) is 4.82. The van der Waals surface area contributed by atoms with Gasteiger partial charge in [0.1, 0.15) is 5.82 Å². The van der Waals surface area contributed by atoms with Crippen molar-refractivity contribution in [1.82, 2.24) is 3.97 Å². The van der Waals surface area contributed by atoms with E-state index in [-0.39, 0.29) is 21.5 Å². The SMILES string of the molecule is O=Cc1cc2c(F)cccc2n1S(=O)(=O)c1ccccc1. The maximum Gasteiger partial charge on any atom is 0.268 e. The van der Waals surface area contributed by atoms with E-state index in [9.17, 15) is 17.6 Å². The van der Waals surface area contributed by atoms with Crippen LogP contribution in [0.5, 0.6) is 0 Å². The van der Waals surface area contributed by atoms with Crippen LogP contribution in [0.2, 0.25) is 0 Å². The number of carbonyl (C=O) groups is 1. The fraction of sp³-hybridized carbons (Fsp3) is 0. The molecule has 0 amide bonds. The number of aromatic nitrogens is 1. The van der Waals surface area contributed by atoms with Gasteiger partial charge in [0.05, 0.1) is 16.1 Å². The molecule has 3 aromatic rings. The second-order valence-electron chi connectivity index (χ2n) is 4.44. The summed E-state index contributed by atoms with van der Waals surface area (Å²) in [5, 5.41) is 0.0964. The maximum atomic E-state index is 13.8. The van der Waals surface area contributed by atoms with Gasteiger partial charge in [-0.25, -0.2) is 16.8 Å². The average molecular weight is 303 g/mol. The summed E-state index contributed by atoms with van der Waals surface area (Å²) in [5.74, 6) is -0.572. The van der Waals surface area contributed by atoms with Crippen LogP contribution in [0.3, 0.4) is 0 Å². The summed E-state index contributed by atoms with van der Waals surface area (Å²) >= 11 is 0. The van der Waals surface area contributed by atoms with Gasteiger partial charge in [-0.2, -0.15) is 0 Å². The minimum Gasteiger partial charge on any atom is -0.296 e. The Morgan fingerprint density at radius 2 is 1.71 bits per heavy atom. The lowest BCUT2D eigenvalue weighted by molar-refractivity contribution is 0.111. The van der Waals surface area contributed by atoms with Crippen molar-refractivity contribution in [2.45, 2.75) is 4.90 Å². The molecule has 1 aromatic heterocycles. The van der Waals surface area contributed by atoms with Crippen LogP contribution in [0.25, 0.3) is 10.9 Å². The van der Waals surface area contributed by atoms with Gasteiger partial charge in [-0.15, -0.1) is 0 Å². The average Bonchev–Trinajstić information content (AvgIpc) is 2.89. The molecule has 1 heterocycles. The first kappa shape index (κ1) is 13.5. The summed E-state index contributed by atoms with van der Waals surface area (Å²) in [6.07, 6.45) is 0.403. The molecule has 0 bridgehead atoms. The number of halogens is 1. The second-order valence-corrected chi connectivity index (χ2v) is 6.23. The van der Waals surface area contributed by atoms with Crippen LogP contribution in [-0.2, 0) is 10.0 Å². The van der Waals surface area contributed by atoms with E-state index in [0.717, 1.165) is 3.97 Å². The van der Waals surface area contributed by atoms with Gasteiger partial charge in [-0.1, -0.05) is 24.3 Å². The highest BCUT2D eigenvalue weighted by Crippen LogP contribution is 2.26. The van der Waals surface area contributed by atoms with E-state index < -0.39 is 15.8 Å². The van der Waals surface area contributed by atoms with Gasteiger partial charge in [-0.3, -0.25) is 4.79 Å². The van der Waals surface area contributed by atoms with E-state index in [2.05, 4.69) is 0 Å². The van der Waals surface area contributed by atoms with Crippen molar-refractivity contribution in [3.05, 3.63) is 66.1 Å². The van der Waals surface area contributed by atoms with Crippen molar-refractivity contribution >= 4 is 27.2 Å². The lowest BCUT2D eigenvalue weighted by Gasteiger charge is -2.09. The zero-order chi connectivity index (χ0) is 15.0. The monoisotopic (exact) mass is 303 g/mol. The highest BCUT2D eigenvalue weighted by Gasteiger charge is 2.23. The van der Waals surface area contributed by atoms with E-state index in [0.29, 0.717) is 6.29 Å². The van der Waals surface area contributed by atoms with Crippen molar-refractivity contribution in [3.63, 3.8) is 0 Å². The molecule has 0 saturated heterocycles. The summed E-state index contributed by atoms with van der Waals surface area (Å²) in [4.78, 5) is 11.2. The topological polar surface area (TPSA) is 56.1 Å². The van der Waals surface area contributed by atoms with Gasteiger partial charge < -0.3 is 0 Å². The largest absolute Gasteiger partial charge is 0.296 e. The summed E-state index contributed by atoms with van der Waals surface area (Å²) < 4.78 is 40.0. The van der Waals surface area contributed by atoms with Gasteiger partial charge in [0.2, 0.25) is 0 Å². The Morgan fingerprint density at radius 3 is 2.38 bits per heavy atom. The Bertz CT molecular complexity index is 930. The molecule has 2 aromatic carbocycles. The molecule has 0 N–H and O–H groups in total. The van der Waals surface area contributed by atoms with Crippen molar-refractivity contribution < 1.29 is 17.6 Å². The Labute approximate surface area is 120 Å². The van der Waals surface area contributed by atoms with Crippen LogP contribution in [-0.4, -0.2) is 18.7 Å². The molecule has 0 atom stereocenters. The number of fused-ring (bicyclic) bond motifs is 1. The van der Waals surface area contributed by atoms with E-state index in [1.165, 1.54) is 36.4 Å². The Morgan fingerprint density at radius 1 is 1.00 bits per heavy atom. The molecule has 21 heavy (non-hydrogen) atoms. The predicted molar refractivity (Wildman–Crippen MR) is 76.3 cm³/mol. The third-order valence-electron chi connectivity index (χ3n) is 3.18. The first-order chi connectivity index (χ1) is 10.1. The highest BCUT2D eigenvalue weighted by atomic mass is 32.2. The summed E-state index contributed by atoms with van der Waals surface area (Å²) in [6.45, 7) is 0. The number of aldehydes is 1. The number of hydrogen-bond donors (Lipinski definition) is 0. The van der Waals surface area contributed by atoms with Crippen molar-refractivity contribution in [2.24, 2.45) is 0 Å². The lowest BCUT2D eigenvalue weighted by atomic mass is 10.2. The molecule has 0 spiro atoms. The van der Waals surface area contributed by atoms with E-state index in [1.54, 1.807) is 18.2 Å². The van der Waals surface area contributed by atoms with Gasteiger partial charge >= 0.3 is 0 Å². The van der Waals surface area contributed by atoms with Crippen LogP contribution in [0.4, 0.5) is 4.39 Å². The zero-order valence-electron chi connectivity index (χ0n) is 10.7. The van der Waals surface area contributed by atoms with E-state index in [1.807, 2.05) is 0 Å². The summed E-state index contributed by atoms with van der Waals surface area (Å²) in [6, 6.07) is 13.0. The Kier molecular flexibility index (Phi) is 3.10. The molecular formula is C15H10FNO3S. The molecule has 4 nitrogen and oxygen atoms in total. The van der Waals surface area contributed by atoms with Crippen LogP contribution < -0.4 is 0 Å². The molecule has 0 radical (unpaired) electrons. The molecule has 0 aliphatic rings. The van der Waals surface area contributed by atoms with Crippen LogP contribution in [0.1, 0.15) is 10.5 Å². The zero-order valence-corrected chi connectivity index (χ0v) is 11.5. The summed E-state index contributed by atoms with van der Waals surface area (Å²) in [5.41, 5.74) is 0.0277. The number of carbonyl (C=O) groups excluding carboxylic acids is 1. The normalized spacial score (nSPS) is 11.7. The third kappa shape index (κ3) is 2.04. The summed E-state index contributed by atoms with van der Waals surface area (Å²) in [7, 11) is -3.96. The third-order valence-corrected chi connectivity index (χ3v) is 4.93. The van der Waals surface area contributed by atoms with Gasteiger partial charge in [-0.05, 0) is 30.3 Å². The van der Waals surface area contributed by atoms with Gasteiger partial charge in [0.15, 0.2) is 6.29 Å². The molecular weight excluding hydrogens is 293 g/mol. The minimum atomic E-state index is -3.96. The number of hydrogen-bond acceptors (Lipinski definition) is 3. The highest BCUT2D eigenvalue weighted by molar-refractivity contribution is 7.90. The van der Waals surface area contributed by atoms with Gasteiger partial charge in [0, 0.05) is 5.39 Å². The molecule has 6 heteroatoms. The van der Waals surface area contributed by atoms with Gasteiger partial charge in [0.25, 0.3) is 10.0 Å². The number of rotatable bonds is 3. The molecule has 0 fully saturated rings. The van der Waals surface area contributed by atoms with E-state index >= 15 is 0 Å². The van der Waals surface area contributed by atoms with Crippen LogP contribution >= 0.6 is 0 Å². The Balaban J connectivity index is 2.40. The first-order valence-corrected chi connectivity index (χ1v) is 7.55. The standard InChI is InChI=1S/C15H10FNO3S/c16-14-7-4-8-15-13(14)9-11(10-18)17(15)21(19,20)12-5-2-1-3-6-12/h1-10H. The molecule has 0 aliphatic heterocycles. The number of nitrogens with zero attached hydrogens (tertiary/aromatic N) is 1. The molecule has 3 rings (SSSR count). The fourth-order valence-electron chi connectivity index (χ4n) is 2.24. The fourth-order valence-corrected chi connectivity index (χ4v) is 3.74.